The lowest BCUT2D eigenvalue weighted by Gasteiger charge is -1.99. The normalized spacial score (nSPS) is 11.3. The Hall–Kier alpha value is -2.89. The monoisotopic (exact) mass is 282 g/mol. The molecule has 0 bridgehead atoms. The second-order valence-electron chi connectivity index (χ2n) is 4.51. The summed E-state index contributed by atoms with van der Waals surface area (Å²) in [6.07, 6.45) is 1.79. The molecule has 0 aliphatic carbocycles. The third-order valence-electron chi connectivity index (χ3n) is 3.10. The van der Waals surface area contributed by atoms with Crippen LogP contribution in [0, 0.1) is 6.92 Å². The van der Waals surface area contributed by atoms with E-state index in [0.717, 1.165) is 5.75 Å². The predicted molar refractivity (Wildman–Crippen MR) is 78.8 cm³/mol. The number of imidazole rings is 1. The van der Waals surface area contributed by atoms with Crippen LogP contribution in [-0.4, -0.2) is 21.6 Å². The molecule has 0 amide bonds. The molecule has 6 nitrogen and oxygen atoms in total. The van der Waals surface area contributed by atoms with Crippen LogP contribution in [0.3, 0.4) is 0 Å². The zero-order valence-electron chi connectivity index (χ0n) is 11.7. The molecule has 0 atom stereocenters. The Morgan fingerprint density at radius 2 is 1.90 bits per heavy atom. The number of ether oxygens (including phenoxy) is 1. The maximum atomic E-state index is 9.78. The summed E-state index contributed by atoms with van der Waals surface area (Å²) < 4.78 is 6.80. The maximum absolute atomic E-state index is 9.78. The lowest BCUT2D eigenvalue weighted by atomic mass is 10.3. The van der Waals surface area contributed by atoms with Crippen molar-refractivity contribution in [2.45, 2.75) is 6.92 Å². The summed E-state index contributed by atoms with van der Waals surface area (Å²) in [5.41, 5.74) is 1.89. The minimum absolute atomic E-state index is 0.117. The number of fused-ring (bicyclic) bond motifs is 1. The van der Waals surface area contributed by atoms with Gasteiger partial charge in [-0.15, -0.1) is 10.2 Å². The van der Waals surface area contributed by atoms with Crippen LogP contribution in [-0.2, 0) is 0 Å². The van der Waals surface area contributed by atoms with Gasteiger partial charge in [-0.1, -0.05) is 0 Å². The van der Waals surface area contributed by atoms with E-state index in [1.165, 1.54) is 0 Å². The van der Waals surface area contributed by atoms with Crippen molar-refractivity contribution in [2.75, 3.05) is 7.11 Å². The molecule has 0 saturated heterocycles. The first-order chi connectivity index (χ1) is 10.2. The van der Waals surface area contributed by atoms with Crippen molar-refractivity contribution in [2.24, 2.45) is 10.2 Å². The van der Waals surface area contributed by atoms with Crippen molar-refractivity contribution >= 4 is 17.2 Å². The fourth-order valence-electron chi connectivity index (χ4n) is 2.03. The van der Waals surface area contributed by atoms with Crippen LogP contribution >= 0.6 is 0 Å². The molecule has 0 radical (unpaired) electrons. The van der Waals surface area contributed by atoms with Gasteiger partial charge in [-0.2, -0.15) is 0 Å². The standard InChI is InChI=1S/C15H14N4O2/c1-10-14(19-9-3-4-13(20)15(19)16-10)18-17-11-5-7-12(21-2)8-6-11/h3-9,20H,1-2H3. The summed E-state index contributed by atoms with van der Waals surface area (Å²) in [6, 6.07) is 10.6. The number of nitrogens with zero attached hydrogens (tertiary/aromatic N) is 4. The first-order valence-corrected chi connectivity index (χ1v) is 6.41. The molecule has 2 aromatic heterocycles. The van der Waals surface area contributed by atoms with Crippen LogP contribution in [0.2, 0.25) is 0 Å². The highest BCUT2D eigenvalue weighted by Crippen LogP contribution is 2.27. The number of aromatic hydroxyl groups is 1. The lowest BCUT2D eigenvalue weighted by molar-refractivity contribution is 0.415. The van der Waals surface area contributed by atoms with E-state index in [1.54, 1.807) is 29.8 Å². The van der Waals surface area contributed by atoms with Gasteiger partial charge >= 0.3 is 0 Å². The second-order valence-corrected chi connectivity index (χ2v) is 4.51. The molecular formula is C15H14N4O2. The molecule has 21 heavy (non-hydrogen) atoms. The maximum Gasteiger partial charge on any atom is 0.182 e. The second kappa shape index (κ2) is 5.24. The average molecular weight is 282 g/mol. The summed E-state index contributed by atoms with van der Waals surface area (Å²) >= 11 is 0. The highest BCUT2D eigenvalue weighted by atomic mass is 16.5. The zero-order chi connectivity index (χ0) is 14.8. The van der Waals surface area contributed by atoms with E-state index in [9.17, 15) is 5.11 Å². The largest absolute Gasteiger partial charge is 0.504 e. The minimum atomic E-state index is 0.117. The smallest absolute Gasteiger partial charge is 0.182 e. The van der Waals surface area contributed by atoms with Crippen molar-refractivity contribution in [1.29, 1.82) is 0 Å². The lowest BCUT2D eigenvalue weighted by Crippen LogP contribution is -1.82. The van der Waals surface area contributed by atoms with E-state index >= 15 is 0 Å². The first-order valence-electron chi connectivity index (χ1n) is 6.41. The number of aryl methyl sites for hydroxylation is 1. The number of hydrogen-bond donors (Lipinski definition) is 1. The Morgan fingerprint density at radius 3 is 2.62 bits per heavy atom. The molecule has 1 N–H and O–H groups in total. The van der Waals surface area contributed by atoms with Crippen LogP contribution < -0.4 is 4.74 Å². The van der Waals surface area contributed by atoms with E-state index in [0.29, 0.717) is 22.8 Å². The molecule has 3 rings (SSSR count). The Balaban J connectivity index is 1.99. The number of aromatic nitrogens is 2. The average Bonchev–Trinajstić information content (AvgIpc) is 2.83. The molecule has 3 aromatic rings. The fraction of sp³-hybridized carbons (Fsp3) is 0.133. The minimum Gasteiger partial charge on any atom is -0.504 e. The van der Waals surface area contributed by atoms with E-state index in [2.05, 4.69) is 15.2 Å². The fourth-order valence-corrected chi connectivity index (χ4v) is 2.03. The predicted octanol–water partition coefficient (Wildman–Crippen LogP) is 3.77. The number of rotatable bonds is 3. The Morgan fingerprint density at radius 1 is 1.14 bits per heavy atom. The van der Waals surface area contributed by atoms with Crippen LogP contribution in [0.1, 0.15) is 5.69 Å². The quantitative estimate of drug-likeness (QED) is 0.743. The van der Waals surface area contributed by atoms with Crippen LogP contribution in [0.25, 0.3) is 5.65 Å². The van der Waals surface area contributed by atoms with E-state index in [1.807, 2.05) is 31.2 Å². The third-order valence-corrected chi connectivity index (χ3v) is 3.10. The van der Waals surface area contributed by atoms with Gasteiger partial charge in [-0.3, -0.25) is 4.40 Å². The SMILES string of the molecule is COc1ccc(N=Nc2c(C)nc3c(O)cccn23)cc1. The topological polar surface area (TPSA) is 71.5 Å². The van der Waals surface area contributed by atoms with Gasteiger partial charge in [0.15, 0.2) is 17.2 Å². The Kier molecular flexibility index (Phi) is 3.27. The van der Waals surface area contributed by atoms with E-state index in [4.69, 9.17) is 4.74 Å². The number of hydrogen-bond acceptors (Lipinski definition) is 5. The number of benzene rings is 1. The molecule has 0 spiro atoms. The van der Waals surface area contributed by atoms with Crippen molar-refractivity contribution < 1.29 is 9.84 Å². The molecule has 0 fully saturated rings. The Labute approximate surface area is 121 Å². The number of methoxy groups -OCH3 is 1. The van der Waals surface area contributed by atoms with Crippen LogP contribution in [0.15, 0.2) is 52.8 Å². The number of pyridine rings is 1. The highest BCUT2D eigenvalue weighted by molar-refractivity contribution is 5.59. The summed E-state index contributed by atoms with van der Waals surface area (Å²) in [5, 5.41) is 18.2. The van der Waals surface area contributed by atoms with Crippen molar-refractivity contribution in [3.63, 3.8) is 0 Å². The summed E-state index contributed by atoms with van der Waals surface area (Å²) in [4.78, 5) is 4.29. The third kappa shape index (κ3) is 2.43. The van der Waals surface area contributed by atoms with Gasteiger partial charge in [0.2, 0.25) is 0 Å². The van der Waals surface area contributed by atoms with Gasteiger partial charge in [0.1, 0.15) is 5.75 Å². The zero-order valence-corrected chi connectivity index (χ0v) is 11.7. The molecule has 0 unspecified atom stereocenters. The van der Waals surface area contributed by atoms with Gasteiger partial charge in [0.05, 0.1) is 18.5 Å². The molecule has 106 valence electrons. The molecule has 0 aliphatic rings. The van der Waals surface area contributed by atoms with Crippen molar-refractivity contribution in [3.05, 3.63) is 48.3 Å². The van der Waals surface area contributed by atoms with Crippen LogP contribution in [0.5, 0.6) is 11.5 Å². The number of azo groups is 1. The summed E-state index contributed by atoms with van der Waals surface area (Å²) in [6.45, 7) is 1.83. The van der Waals surface area contributed by atoms with Gasteiger partial charge in [0.25, 0.3) is 0 Å². The molecule has 0 aliphatic heterocycles. The molecule has 6 heteroatoms. The molecular weight excluding hydrogens is 268 g/mol. The van der Waals surface area contributed by atoms with Crippen molar-refractivity contribution in [1.82, 2.24) is 9.38 Å². The highest BCUT2D eigenvalue weighted by Gasteiger charge is 2.10. The van der Waals surface area contributed by atoms with E-state index < -0.39 is 0 Å². The van der Waals surface area contributed by atoms with Crippen molar-refractivity contribution in [3.8, 4) is 11.5 Å². The first kappa shape index (κ1) is 13.1. The van der Waals surface area contributed by atoms with Crippen LogP contribution in [0.4, 0.5) is 11.5 Å². The molecule has 1 aromatic carbocycles. The molecule has 0 saturated carbocycles. The molecule has 2 heterocycles. The summed E-state index contributed by atoms with van der Waals surface area (Å²) in [5.74, 6) is 1.48. The Bertz CT molecular complexity index is 806. The van der Waals surface area contributed by atoms with Gasteiger partial charge < -0.3 is 9.84 Å². The van der Waals surface area contributed by atoms with Gasteiger partial charge in [-0.25, -0.2) is 4.98 Å². The van der Waals surface area contributed by atoms with Gasteiger partial charge in [-0.05, 0) is 43.3 Å². The van der Waals surface area contributed by atoms with Gasteiger partial charge in [0, 0.05) is 6.20 Å². The summed E-state index contributed by atoms with van der Waals surface area (Å²) in [7, 11) is 1.62. The van der Waals surface area contributed by atoms with E-state index in [-0.39, 0.29) is 5.75 Å².